The maximum absolute atomic E-state index is 11.9. The second-order valence-corrected chi connectivity index (χ2v) is 5.29. The van der Waals surface area contributed by atoms with Crippen LogP contribution < -0.4 is 10.6 Å². The van der Waals surface area contributed by atoms with E-state index in [0.717, 1.165) is 5.56 Å². The van der Waals surface area contributed by atoms with E-state index < -0.39 is 24.5 Å². The van der Waals surface area contributed by atoms with Crippen molar-refractivity contribution >= 4 is 17.9 Å². The van der Waals surface area contributed by atoms with Gasteiger partial charge >= 0.3 is 12.0 Å². The molecule has 0 spiro atoms. The van der Waals surface area contributed by atoms with Crippen molar-refractivity contribution in [3.8, 4) is 0 Å². The van der Waals surface area contributed by atoms with Gasteiger partial charge in [0.25, 0.3) is 5.91 Å². The number of hydrogen-bond acceptors (Lipinski definition) is 6. The number of rotatable bonds is 8. The van der Waals surface area contributed by atoms with E-state index in [4.69, 9.17) is 9.47 Å². The number of benzene rings is 1. The van der Waals surface area contributed by atoms with Crippen LogP contribution in [0.25, 0.3) is 0 Å². The number of nitrogens with zero attached hydrogens (tertiary/aromatic N) is 2. The summed E-state index contributed by atoms with van der Waals surface area (Å²) in [5.41, 5.74) is 1.26. The van der Waals surface area contributed by atoms with Crippen molar-refractivity contribution in [3.63, 3.8) is 0 Å². The minimum atomic E-state index is -0.732. The van der Waals surface area contributed by atoms with Crippen LogP contribution in [0.15, 0.2) is 42.7 Å². The molecule has 0 atom stereocenters. The Hall–Kier alpha value is -3.20. The van der Waals surface area contributed by atoms with Gasteiger partial charge in [0.2, 0.25) is 0 Å². The van der Waals surface area contributed by atoms with Gasteiger partial charge in [-0.25, -0.2) is 9.59 Å². The normalized spacial score (nSPS) is 10.2. The second-order valence-electron chi connectivity index (χ2n) is 5.29. The zero-order valence-electron chi connectivity index (χ0n) is 14.3. The molecule has 0 radical (unpaired) electrons. The number of hydrogen-bond donors (Lipinski definition) is 2. The minimum absolute atomic E-state index is 0.221. The Kier molecular flexibility index (Phi) is 7.31. The molecule has 0 aliphatic carbocycles. The highest BCUT2D eigenvalue weighted by molar-refractivity contribution is 5.96. The molecular formula is C17H20N4O5. The van der Waals surface area contributed by atoms with Gasteiger partial charge in [0.15, 0.2) is 6.61 Å². The van der Waals surface area contributed by atoms with Crippen molar-refractivity contribution in [3.05, 3.63) is 53.9 Å². The van der Waals surface area contributed by atoms with Crippen LogP contribution in [0.2, 0.25) is 0 Å². The molecule has 0 fully saturated rings. The van der Waals surface area contributed by atoms with Gasteiger partial charge in [-0.15, -0.1) is 0 Å². The van der Waals surface area contributed by atoms with Crippen molar-refractivity contribution in [1.29, 1.82) is 0 Å². The number of imide groups is 1. The minimum Gasteiger partial charge on any atom is -0.452 e. The topological polar surface area (TPSA) is 112 Å². The number of urea groups is 1. The van der Waals surface area contributed by atoms with E-state index in [-0.39, 0.29) is 12.1 Å². The first-order valence-electron chi connectivity index (χ1n) is 7.88. The number of carbonyl (C=O) groups excluding carboxylic acids is 3. The van der Waals surface area contributed by atoms with Gasteiger partial charge < -0.3 is 14.8 Å². The molecule has 0 bridgehead atoms. The first-order valence-corrected chi connectivity index (χ1v) is 7.88. The fraction of sp³-hybridized carbons (Fsp3) is 0.294. The molecule has 26 heavy (non-hydrogen) atoms. The van der Waals surface area contributed by atoms with Crippen LogP contribution in [0.1, 0.15) is 15.9 Å². The molecule has 1 heterocycles. The Morgan fingerprint density at radius 2 is 1.96 bits per heavy atom. The largest absolute Gasteiger partial charge is 0.452 e. The molecule has 0 aliphatic heterocycles. The van der Waals surface area contributed by atoms with Gasteiger partial charge in [-0.2, -0.15) is 5.10 Å². The smallest absolute Gasteiger partial charge is 0.341 e. The lowest BCUT2D eigenvalue weighted by atomic mass is 10.2. The van der Waals surface area contributed by atoms with Crippen LogP contribution in [-0.4, -0.2) is 54.6 Å². The second kappa shape index (κ2) is 9.94. The lowest BCUT2D eigenvalue weighted by Gasteiger charge is -2.06. The summed E-state index contributed by atoms with van der Waals surface area (Å²) in [7, 11) is 1.49. The average molecular weight is 360 g/mol. The van der Waals surface area contributed by atoms with E-state index in [2.05, 4.69) is 10.4 Å². The van der Waals surface area contributed by atoms with Crippen molar-refractivity contribution < 1.29 is 23.9 Å². The summed E-state index contributed by atoms with van der Waals surface area (Å²) in [5.74, 6) is -1.43. The summed E-state index contributed by atoms with van der Waals surface area (Å²) < 4.78 is 11.2. The van der Waals surface area contributed by atoms with Crippen molar-refractivity contribution in [2.45, 2.75) is 6.54 Å². The highest BCUT2D eigenvalue weighted by atomic mass is 16.5. The van der Waals surface area contributed by atoms with Gasteiger partial charge in [-0.3, -0.25) is 14.8 Å². The summed E-state index contributed by atoms with van der Waals surface area (Å²) in [6.07, 6.45) is 2.89. The molecule has 0 aliphatic rings. The Balaban J connectivity index is 1.76. The summed E-state index contributed by atoms with van der Waals surface area (Å²) in [6.45, 7) is 0.524. The van der Waals surface area contributed by atoms with E-state index in [0.29, 0.717) is 13.2 Å². The SMILES string of the molecule is COCCNC(=O)NC(=O)COC(=O)c1cnn(Cc2ccccc2)c1. The number of ether oxygens (including phenoxy) is 2. The molecule has 1 aromatic heterocycles. The fourth-order valence-corrected chi connectivity index (χ4v) is 2.01. The molecule has 9 nitrogen and oxygen atoms in total. The van der Waals surface area contributed by atoms with Crippen LogP contribution in [0.4, 0.5) is 4.79 Å². The van der Waals surface area contributed by atoms with Gasteiger partial charge in [-0.1, -0.05) is 30.3 Å². The maximum atomic E-state index is 11.9. The van der Waals surface area contributed by atoms with Crippen LogP contribution in [0.3, 0.4) is 0 Å². The molecule has 2 N–H and O–H groups in total. The van der Waals surface area contributed by atoms with Crippen LogP contribution in [0.5, 0.6) is 0 Å². The summed E-state index contributed by atoms with van der Waals surface area (Å²) in [6, 6.07) is 8.95. The number of esters is 1. The average Bonchev–Trinajstić information content (AvgIpc) is 3.09. The third-order valence-corrected chi connectivity index (χ3v) is 3.24. The Morgan fingerprint density at radius 1 is 1.19 bits per heavy atom. The van der Waals surface area contributed by atoms with E-state index >= 15 is 0 Å². The van der Waals surface area contributed by atoms with E-state index in [1.165, 1.54) is 19.5 Å². The van der Waals surface area contributed by atoms with Gasteiger partial charge in [0.05, 0.1) is 24.9 Å². The molecule has 0 saturated heterocycles. The van der Waals surface area contributed by atoms with E-state index in [9.17, 15) is 14.4 Å². The molecule has 0 saturated carbocycles. The highest BCUT2D eigenvalue weighted by Gasteiger charge is 2.14. The Bertz CT molecular complexity index is 745. The summed E-state index contributed by atoms with van der Waals surface area (Å²) >= 11 is 0. The Labute approximate surface area is 150 Å². The Morgan fingerprint density at radius 3 is 2.69 bits per heavy atom. The number of nitrogens with one attached hydrogen (secondary N) is 2. The van der Waals surface area contributed by atoms with E-state index in [1.807, 2.05) is 35.6 Å². The summed E-state index contributed by atoms with van der Waals surface area (Å²) in [5, 5.41) is 8.54. The number of methoxy groups -OCH3 is 1. The first-order chi connectivity index (χ1) is 12.6. The highest BCUT2D eigenvalue weighted by Crippen LogP contribution is 2.05. The van der Waals surface area contributed by atoms with Crippen molar-refractivity contribution in [1.82, 2.24) is 20.4 Å². The van der Waals surface area contributed by atoms with Gasteiger partial charge in [0.1, 0.15) is 0 Å². The third-order valence-electron chi connectivity index (χ3n) is 3.24. The molecular weight excluding hydrogens is 340 g/mol. The molecule has 1 aromatic carbocycles. The predicted molar refractivity (Wildman–Crippen MR) is 91.5 cm³/mol. The van der Waals surface area contributed by atoms with Gasteiger partial charge in [-0.05, 0) is 5.56 Å². The van der Waals surface area contributed by atoms with Crippen LogP contribution in [0, 0.1) is 0 Å². The number of aromatic nitrogens is 2. The van der Waals surface area contributed by atoms with Crippen molar-refractivity contribution in [2.24, 2.45) is 0 Å². The van der Waals surface area contributed by atoms with Crippen LogP contribution >= 0.6 is 0 Å². The van der Waals surface area contributed by atoms with E-state index in [1.54, 1.807) is 4.68 Å². The lowest BCUT2D eigenvalue weighted by molar-refractivity contribution is -0.123. The molecule has 138 valence electrons. The molecule has 2 aromatic rings. The first kappa shape index (κ1) is 19.1. The van der Waals surface area contributed by atoms with Crippen LogP contribution in [-0.2, 0) is 20.8 Å². The third kappa shape index (κ3) is 6.36. The fourth-order valence-electron chi connectivity index (χ4n) is 2.01. The quantitative estimate of drug-likeness (QED) is 0.526. The molecule has 3 amide bonds. The van der Waals surface area contributed by atoms with Gasteiger partial charge in [0, 0.05) is 19.9 Å². The standard InChI is InChI=1S/C17H20N4O5/c1-25-8-7-18-17(24)20-15(22)12-26-16(23)14-9-19-21(11-14)10-13-5-3-2-4-6-13/h2-6,9,11H,7-8,10,12H2,1H3,(H2,18,20,22,24). The zero-order chi connectivity index (χ0) is 18.8. The number of carbonyl (C=O) groups is 3. The molecule has 9 heteroatoms. The van der Waals surface area contributed by atoms with Crippen molar-refractivity contribution in [2.75, 3.05) is 26.9 Å². The number of amides is 3. The lowest BCUT2D eigenvalue weighted by Crippen LogP contribution is -2.42. The monoisotopic (exact) mass is 360 g/mol. The molecule has 0 unspecified atom stereocenters. The molecule has 2 rings (SSSR count). The maximum Gasteiger partial charge on any atom is 0.341 e. The summed E-state index contributed by atoms with van der Waals surface area (Å²) in [4.78, 5) is 34.9. The predicted octanol–water partition coefficient (Wildman–Crippen LogP) is 0.560. The zero-order valence-corrected chi connectivity index (χ0v) is 14.3.